The first-order chi connectivity index (χ1) is 13.5. The summed E-state index contributed by atoms with van der Waals surface area (Å²) in [6.07, 6.45) is 1.71. The Labute approximate surface area is 168 Å². The molecule has 0 radical (unpaired) electrons. The molecule has 3 rings (SSSR count). The van der Waals surface area contributed by atoms with Crippen molar-refractivity contribution in [3.05, 3.63) is 82.6 Å². The van der Waals surface area contributed by atoms with E-state index in [1.807, 2.05) is 43.3 Å². The van der Waals surface area contributed by atoms with Crippen LogP contribution in [0.2, 0.25) is 5.02 Å². The molecule has 1 aromatic heterocycles. The highest BCUT2D eigenvalue weighted by Crippen LogP contribution is 2.19. The van der Waals surface area contributed by atoms with Crippen LogP contribution in [0.5, 0.6) is 0 Å². The number of rotatable bonds is 6. The Kier molecular flexibility index (Phi) is 6.11. The summed E-state index contributed by atoms with van der Waals surface area (Å²) in [5.74, 6) is -0.786. The van der Waals surface area contributed by atoms with Gasteiger partial charge in [-0.3, -0.25) is 9.59 Å². The fraction of sp³-hybridized carbons (Fsp3) is 0.190. The van der Waals surface area contributed by atoms with Crippen molar-refractivity contribution in [3.8, 4) is 5.69 Å². The monoisotopic (exact) mass is 397 g/mol. The predicted octanol–water partition coefficient (Wildman–Crippen LogP) is 3.87. The van der Waals surface area contributed by atoms with Crippen LogP contribution in [0.3, 0.4) is 0 Å². The van der Waals surface area contributed by atoms with E-state index in [-0.39, 0.29) is 18.0 Å². The minimum atomic E-state index is -0.517. The number of ether oxygens (including phenoxy) is 1. The molecule has 0 aliphatic heterocycles. The van der Waals surface area contributed by atoms with Crippen LogP contribution in [0.25, 0.3) is 5.69 Å². The van der Waals surface area contributed by atoms with Gasteiger partial charge in [-0.2, -0.15) is 5.10 Å². The van der Waals surface area contributed by atoms with Gasteiger partial charge in [0.25, 0.3) is 5.91 Å². The third-order valence-electron chi connectivity index (χ3n) is 4.28. The third kappa shape index (κ3) is 4.78. The van der Waals surface area contributed by atoms with Gasteiger partial charge in [0.1, 0.15) is 0 Å². The van der Waals surface area contributed by atoms with Crippen LogP contribution < -0.4 is 5.32 Å². The van der Waals surface area contributed by atoms with Crippen molar-refractivity contribution in [3.63, 3.8) is 0 Å². The fourth-order valence-corrected chi connectivity index (χ4v) is 2.93. The largest absolute Gasteiger partial charge is 0.469 e. The van der Waals surface area contributed by atoms with E-state index in [1.165, 1.54) is 7.11 Å². The van der Waals surface area contributed by atoms with E-state index < -0.39 is 12.0 Å². The topological polar surface area (TPSA) is 73.2 Å². The molecule has 0 spiro atoms. The molecule has 1 atom stereocenters. The van der Waals surface area contributed by atoms with Gasteiger partial charge in [0.05, 0.1) is 25.3 Å². The maximum atomic E-state index is 12.7. The normalized spacial score (nSPS) is 11.7. The molecule has 0 fully saturated rings. The molecular formula is C21H20ClN3O3. The van der Waals surface area contributed by atoms with Crippen LogP contribution in [-0.4, -0.2) is 28.8 Å². The minimum Gasteiger partial charge on any atom is -0.469 e. The number of hydrogen-bond acceptors (Lipinski definition) is 4. The Hall–Kier alpha value is -3.12. The van der Waals surface area contributed by atoms with Gasteiger partial charge >= 0.3 is 5.97 Å². The molecule has 0 bridgehead atoms. The number of nitrogens with one attached hydrogen (secondary N) is 1. The number of aryl methyl sites for hydroxylation is 1. The molecule has 1 unspecified atom stereocenters. The second kappa shape index (κ2) is 8.71. The standard InChI is InChI=1S/C21H20ClN3O3/c1-14-6-8-15(9-7-14)19(13-20(26)28-2)23-21(27)18-10-11-25(24-18)17-5-3-4-16(22)12-17/h3-12,19H,13H2,1-2H3,(H,23,27). The van der Waals surface area contributed by atoms with Crippen molar-refractivity contribution < 1.29 is 14.3 Å². The molecule has 1 N–H and O–H groups in total. The van der Waals surface area contributed by atoms with Crippen molar-refractivity contribution in [2.75, 3.05) is 7.11 Å². The number of aromatic nitrogens is 2. The third-order valence-corrected chi connectivity index (χ3v) is 4.51. The number of methoxy groups -OCH3 is 1. The highest BCUT2D eigenvalue weighted by atomic mass is 35.5. The van der Waals surface area contributed by atoms with Gasteiger partial charge in [0, 0.05) is 11.2 Å². The van der Waals surface area contributed by atoms with E-state index in [1.54, 1.807) is 29.1 Å². The summed E-state index contributed by atoms with van der Waals surface area (Å²) >= 11 is 6.01. The van der Waals surface area contributed by atoms with E-state index in [4.69, 9.17) is 16.3 Å². The summed E-state index contributed by atoms with van der Waals surface area (Å²) in [6, 6.07) is 15.9. The lowest BCUT2D eigenvalue weighted by Crippen LogP contribution is -2.31. The summed E-state index contributed by atoms with van der Waals surface area (Å²) in [5.41, 5.74) is 2.89. The lowest BCUT2D eigenvalue weighted by molar-refractivity contribution is -0.141. The molecule has 7 heteroatoms. The average molecular weight is 398 g/mol. The van der Waals surface area contributed by atoms with E-state index >= 15 is 0 Å². The number of hydrogen-bond donors (Lipinski definition) is 1. The molecule has 3 aromatic rings. The van der Waals surface area contributed by atoms with Gasteiger partial charge in [0.2, 0.25) is 0 Å². The Morgan fingerprint density at radius 1 is 1.18 bits per heavy atom. The molecule has 6 nitrogen and oxygen atoms in total. The Bertz CT molecular complexity index is 983. The quantitative estimate of drug-likeness (QED) is 0.641. The SMILES string of the molecule is COC(=O)CC(NC(=O)c1ccn(-c2cccc(Cl)c2)n1)c1ccc(C)cc1. The van der Waals surface area contributed by atoms with Gasteiger partial charge < -0.3 is 10.1 Å². The Morgan fingerprint density at radius 2 is 1.93 bits per heavy atom. The van der Waals surface area contributed by atoms with E-state index in [2.05, 4.69) is 10.4 Å². The summed E-state index contributed by atoms with van der Waals surface area (Å²) < 4.78 is 6.34. The molecule has 2 aromatic carbocycles. The minimum absolute atomic E-state index is 0.0281. The first-order valence-electron chi connectivity index (χ1n) is 8.72. The lowest BCUT2D eigenvalue weighted by atomic mass is 10.0. The number of carbonyl (C=O) groups is 2. The number of amides is 1. The molecule has 28 heavy (non-hydrogen) atoms. The highest BCUT2D eigenvalue weighted by Gasteiger charge is 2.21. The van der Waals surface area contributed by atoms with Gasteiger partial charge in [-0.05, 0) is 36.8 Å². The van der Waals surface area contributed by atoms with E-state index in [0.717, 1.165) is 16.8 Å². The van der Waals surface area contributed by atoms with Crippen molar-refractivity contribution in [1.82, 2.24) is 15.1 Å². The predicted molar refractivity (Wildman–Crippen MR) is 107 cm³/mol. The van der Waals surface area contributed by atoms with Crippen molar-refractivity contribution in [2.45, 2.75) is 19.4 Å². The second-order valence-electron chi connectivity index (χ2n) is 6.34. The van der Waals surface area contributed by atoms with Crippen molar-refractivity contribution in [2.24, 2.45) is 0 Å². The number of nitrogens with zero attached hydrogens (tertiary/aromatic N) is 2. The maximum absolute atomic E-state index is 12.7. The molecule has 1 amide bonds. The maximum Gasteiger partial charge on any atom is 0.307 e. The van der Waals surface area contributed by atoms with E-state index in [0.29, 0.717) is 5.02 Å². The Balaban J connectivity index is 1.80. The molecule has 0 saturated heterocycles. The van der Waals surface area contributed by atoms with Crippen molar-refractivity contribution in [1.29, 1.82) is 0 Å². The van der Waals surface area contributed by atoms with Gasteiger partial charge in [0.15, 0.2) is 5.69 Å². The van der Waals surface area contributed by atoms with Crippen LogP contribution in [-0.2, 0) is 9.53 Å². The van der Waals surface area contributed by atoms with E-state index in [9.17, 15) is 9.59 Å². The van der Waals surface area contributed by atoms with Gasteiger partial charge in [-0.25, -0.2) is 4.68 Å². The first-order valence-corrected chi connectivity index (χ1v) is 9.10. The van der Waals surface area contributed by atoms with Crippen LogP contribution >= 0.6 is 11.6 Å². The zero-order chi connectivity index (χ0) is 20.1. The summed E-state index contributed by atoms with van der Waals surface area (Å²) in [6.45, 7) is 1.97. The highest BCUT2D eigenvalue weighted by molar-refractivity contribution is 6.30. The summed E-state index contributed by atoms with van der Waals surface area (Å²) in [5, 5.41) is 7.76. The zero-order valence-electron chi connectivity index (χ0n) is 15.6. The summed E-state index contributed by atoms with van der Waals surface area (Å²) in [4.78, 5) is 24.5. The zero-order valence-corrected chi connectivity index (χ0v) is 16.3. The average Bonchev–Trinajstić information content (AvgIpc) is 3.18. The molecule has 144 valence electrons. The van der Waals surface area contributed by atoms with Gasteiger partial charge in [-0.1, -0.05) is 47.5 Å². The van der Waals surface area contributed by atoms with Crippen LogP contribution in [0.1, 0.15) is 34.1 Å². The smallest absolute Gasteiger partial charge is 0.307 e. The van der Waals surface area contributed by atoms with Crippen LogP contribution in [0.15, 0.2) is 60.8 Å². The fourth-order valence-electron chi connectivity index (χ4n) is 2.74. The van der Waals surface area contributed by atoms with Gasteiger partial charge in [-0.15, -0.1) is 0 Å². The molecule has 0 aliphatic carbocycles. The Morgan fingerprint density at radius 3 is 2.61 bits per heavy atom. The number of benzene rings is 2. The molecule has 0 aliphatic rings. The molecular weight excluding hydrogens is 378 g/mol. The van der Waals surface area contributed by atoms with Crippen molar-refractivity contribution >= 4 is 23.5 Å². The summed E-state index contributed by atoms with van der Waals surface area (Å²) in [7, 11) is 1.32. The first kappa shape index (κ1) is 19.6. The lowest BCUT2D eigenvalue weighted by Gasteiger charge is -2.18. The molecule has 1 heterocycles. The second-order valence-corrected chi connectivity index (χ2v) is 6.78. The molecule has 0 saturated carbocycles. The number of carbonyl (C=O) groups excluding carboxylic acids is 2. The van der Waals surface area contributed by atoms with Crippen LogP contribution in [0, 0.1) is 6.92 Å². The number of halogens is 1. The number of esters is 1. The van der Waals surface area contributed by atoms with Crippen LogP contribution in [0.4, 0.5) is 0 Å².